The molecule has 0 atom stereocenters. The van der Waals surface area contributed by atoms with Crippen LogP contribution >= 0.6 is 0 Å². The average molecular weight is 426 g/mol. The van der Waals surface area contributed by atoms with Crippen molar-refractivity contribution in [3.63, 3.8) is 0 Å². The van der Waals surface area contributed by atoms with E-state index in [0.717, 1.165) is 0 Å². The molecule has 0 saturated carbocycles. The smallest absolute Gasteiger partial charge is 0 e. The van der Waals surface area contributed by atoms with Gasteiger partial charge in [-0.15, -0.1) is 0 Å². The molecular formula is H3CoFeMoSiW. The quantitative estimate of drug-likeness (QED) is 0.428. The minimum atomic E-state index is 0. The summed E-state index contributed by atoms with van der Waals surface area (Å²) in [5, 5.41) is 0. The predicted molar refractivity (Wildman–Crippen MR) is 9.94 cm³/mol. The van der Waals surface area contributed by atoms with Gasteiger partial charge in [0.05, 0.1) is 0 Å². The molecule has 0 fully saturated rings. The second-order valence-electron chi connectivity index (χ2n) is 0. The van der Waals surface area contributed by atoms with Crippen LogP contribution in [-0.4, -0.2) is 11.0 Å². The maximum absolute atomic E-state index is 0. The molecule has 0 rings (SSSR count). The predicted octanol–water partition coefficient (Wildman–Crippen LogP) is -1.19. The molecule has 0 unspecified atom stereocenters. The van der Waals surface area contributed by atoms with Crippen LogP contribution in [0.2, 0.25) is 0 Å². The number of hydrogen-bond acceptors (Lipinski definition) is 0. The van der Waals surface area contributed by atoms with E-state index in [1.165, 1.54) is 0 Å². The summed E-state index contributed by atoms with van der Waals surface area (Å²) >= 11 is 0. The van der Waals surface area contributed by atoms with Crippen molar-refractivity contribution in [2.45, 2.75) is 0 Å². The molecule has 0 aromatic rings. The minimum Gasteiger partial charge on any atom is -0.0125 e. The van der Waals surface area contributed by atoms with Gasteiger partial charge in [0, 0.05) is 76.0 Å². The van der Waals surface area contributed by atoms with Crippen molar-refractivity contribution in [3.8, 4) is 0 Å². The van der Waals surface area contributed by atoms with Crippen LogP contribution < -0.4 is 0 Å². The van der Waals surface area contributed by atoms with E-state index < -0.39 is 0 Å². The molecule has 0 saturated heterocycles. The topological polar surface area (TPSA) is 0 Å². The van der Waals surface area contributed by atoms with E-state index in [1.54, 1.807) is 0 Å². The summed E-state index contributed by atoms with van der Waals surface area (Å²) in [6.07, 6.45) is 0. The van der Waals surface area contributed by atoms with Gasteiger partial charge in [-0.3, -0.25) is 0 Å². The van der Waals surface area contributed by atoms with Gasteiger partial charge in [0.25, 0.3) is 0 Å². The van der Waals surface area contributed by atoms with E-state index in [9.17, 15) is 0 Å². The Morgan fingerprint density at radius 1 is 1.00 bits per heavy atom. The Morgan fingerprint density at radius 2 is 1.00 bits per heavy atom. The third-order valence-electron chi connectivity index (χ3n) is 0. The van der Waals surface area contributed by atoms with Crippen LogP contribution in [0.15, 0.2) is 0 Å². The van der Waals surface area contributed by atoms with Crippen LogP contribution in [0, 0.1) is 0 Å². The molecule has 0 amide bonds. The summed E-state index contributed by atoms with van der Waals surface area (Å²) in [5.74, 6) is 0. The monoisotopic (exact) mass is 428 g/mol. The Labute approximate surface area is 85.8 Å². The van der Waals surface area contributed by atoms with Gasteiger partial charge >= 0.3 is 0 Å². The molecule has 36 valence electrons. The van der Waals surface area contributed by atoms with E-state index in [2.05, 4.69) is 0 Å². The maximum atomic E-state index is 0. The average Bonchev–Trinajstić information content (AvgIpc) is 0. The third-order valence-corrected chi connectivity index (χ3v) is 0. The van der Waals surface area contributed by atoms with Gasteiger partial charge in [0.15, 0.2) is 0 Å². The van der Waals surface area contributed by atoms with E-state index in [4.69, 9.17) is 0 Å². The number of hydrogen-bond donors (Lipinski definition) is 0. The van der Waals surface area contributed by atoms with Crippen molar-refractivity contribution >= 4 is 11.0 Å². The fourth-order valence-electron chi connectivity index (χ4n) is 0. The van der Waals surface area contributed by atoms with Crippen molar-refractivity contribution in [3.05, 3.63) is 0 Å². The van der Waals surface area contributed by atoms with Crippen LogP contribution in [-0.2, 0) is 76.0 Å². The van der Waals surface area contributed by atoms with Crippen molar-refractivity contribution < 1.29 is 76.0 Å². The second kappa shape index (κ2) is 30.5. The Hall–Kier alpha value is 2.62. The summed E-state index contributed by atoms with van der Waals surface area (Å²) in [7, 11) is 0. The summed E-state index contributed by atoms with van der Waals surface area (Å²) < 4.78 is 0. The molecule has 0 spiro atoms. The normalized spacial score (nSPS) is 0. The molecule has 0 aliphatic carbocycles. The Kier molecular flexibility index (Phi) is 296. The number of rotatable bonds is 0. The molecular weight excluding hydrogens is 423 g/mol. The standard InChI is InChI=1S/Co.Fe.Mo.H3Si.W/h;;;1H3;. The van der Waals surface area contributed by atoms with Crippen LogP contribution in [0.3, 0.4) is 0 Å². The second-order valence-corrected chi connectivity index (χ2v) is 0. The van der Waals surface area contributed by atoms with Gasteiger partial charge in [-0.05, 0) is 11.0 Å². The molecule has 0 bridgehead atoms. The minimum absolute atomic E-state index is 0. The van der Waals surface area contributed by atoms with E-state index in [1.807, 2.05) is 0 Å². The Morgan fingerprint density at radius 3 is 1.00 bits per heavy atom. The van der Waals surface area contributed by atoms with Crippen LogP contribution in [0.4, 0.5) is 0 Å². The first-order valence-electron chi connectivity index (χ1n) is 0. The van der Waals surface area contributed by atoms with Crippen LogP contribution in [0.1, 0.15) is 0 Å². The molecule has 5 heteroatoms. The fourth-order valence-corrected chi connectivity index (χ4v) is 0. The van der Waals surface area contributed by atoms with E-state index in [0.29, 0.717) is 0 Å². The van der Waals surface area contributed by atoms with Crippen LogP contribution in [0.5, 0.6) is 0 Å². The molecule has 0 aromatic heterocycles. The van der Waals surface area contributed by atoms with Crippen molar-refractivity contribution in [1.29, 1.82) is 0 Å². The molecule has 5 heavy (non-hydrogen) atoms. The molecule has 0 aromatic carbocycles. The van der Waals surface area contributed by atoms with Crippen LogP contribution in [0.25, 0.3) is 0 Å². The van der Waals surface area contributed by atoms with Crippen molar-refractivity contribution in [1.82, 2.24) is 0 Å². The Bertz CT molecular complexity index is 11.6. The first-order chi connectivity index (χ1) is 0. The summed E-state index contributed by atoms with van der Waals surface area (Å²) in [5.41, 5.74) is 0. The first-order valence-corrected chi connectivity index (χ1v) is 0. The van der Waals surface area contributed by atoms with E-state index >= 15 is 0 Å². The third kappa shape index (κ3) is 20.6. The maximum Gasteiger partial charge on any atom is 0 e. The molecule has 0 aliphatic rings. The van der Waals surface area contributed by atoms with Gasteiger partial charge < -0.3 is 0 Å². The van der Waals surface area contributed by atoms with Gasteiger partial charge in [-0.25, -0.2) is 0 Å². The first kappa shape index (κ1) is 48.7. The molecule has 0 aliphatic heterocycles. The van der Waals surface area contributed by atoms with Gasteiger partial charge in [-0.1, -0.05) is 0 Å². The fraction of sp³-hybridized carbons (Fsp3) is 0. The summed E-state index contributed by atoms with van der Waals surface area (Å²) in [6.45, 7) is 0. The molecule has 0 nitrogen and oxygen atoms in total. The molecule has 0 N–H and O–H groups in total. The van der Waals surface area contributed by atoms with E-state index in [-0.39, 0.29) is 86.9 Å². The summed E-state index contributed by atoms with van der Waals surface area (Å²) in [6, 6.07) is 0. The van der Waals surface area contributed by atoms with Gasteiger partial charge in [0.1, 0.15) is 0 Å². The zero-order valence-corrected chi connectivity index (χ0v) is 11.6. The summed E-state index contributed by atoms with van der Waals surface area (Å²) in [4.78, 5) is 0. The van der Waals surface area contributed by atoms with Crippen molar-refractivity contribution in [2.75, 3.05) is 0 Å². The van der Waals surface area contributed by atoms with Crippen molar-refractivity contribution in [2.24, 2.45) is 0 Å². The molecule has 0 heterocycles. The Balaban J connectivity index is 0. The SMILES string of the molecule is [Co].[Fe].[Mo].[SiH3].[W]. The van der Waals surface area contributed by atoms with Gasteiger partial charge in [0.2, 0.25) is 0 Å². The largest absolute Gasteiger partial charge is 0.0125 e. The zero-order valence-electron chi connectivity index (χ0n) is 2.50. The van der Waals surface area contributed by atoms with Gasteiger partial charge in [-0.2, -0.15) is 0 Å². The molecule has 2 radical (unpaired) electrons. The zero-order chi connectivity index (χ0) is 0.